The molecule has 9 nitrogen and oxygen atoms in total. The number of nitrogens with one attached hydrogen (secondary N) is 2. The number of nitrogens with two attached hydrogens (primary N) is 1. The average Bonchev–Trinajstić information content (AvgIpc) is 3.04. The minimum atomic E-state index is -4.02. The van der Waals surface area contributed by atoms with Crippen LogP contribution in [-0.4, -0.2) is 53.3 Å². The van der Waals surface area contributed by atoms with Gasteiger partial charge in [0.2, 0.25) is 5.91 Å². The van der Waals surface area contributed by atoms with Gasteiger partial charge < -0.3 is 30.9 Å². The first-order valence-corrected chi connectivity index (χ1v) is 15.3. The number of carbonyl (C=O) groups is 3. The Kier molecular flexibility index (Phi) is 13.6. The molecule has 0 aliphatic heterocycles. The molecule has 0 radical (unpaired) electrons. The number of aliphatic hydroxyl groups is 1. The predicted molar refractivity (Wildman–Crippen MR) is 170 cm³/mol. The van der Waals surface area contributed by atoms with E-state index in [0.717, 1.165) is 11.1 Å². The molecule has 46 heavy (non-hydrogen) atoms. The Labute approximate surface area is 268 Å². The number of rotatable bonds is 16. The molecule has 2 amide bonds. The number of amides is 2. The lowest BCUT2D eigenvalue weighted by molar-refractivity contribution is -0.188. The van der Waals surface area contributed by atoms with E-state index in [1.807, 2.05) is 18.2 Å². The molecule has 3 aromatic carbocycles. The molecule has 11 heteroatoms. The number of alkyl halides is 2. The smallest absolute Gasteiger partial charge is 0.407 e. The summed E-state index contributed by atoms with van der Waals surface area (Å²) < 4.78 is 43.1. The summed E-state index contributed by atoms with van der Waals surface area (Å²) in [5, 5.41) is 15.8. The fraction of sp³-hybridized carbons (Fsp3) is 0.400. The van der Waals surface area contributed by atoms with E-state index in [0.29, 0.717) is 0 Å². The Morgan fingerprint density at radius 2 is 1.39 bits per heavy atom. The lowest BCUT2D eigenvalue weighted by Gasteiger charge is -2.36. The molecule has 5 N–H and O–H groups in total. The van der Waals surface area contributed by atoms with Crippen molar-refractivity contribution in [3.63, 3.8) is 0 Å². The highest BCUT2D eigenvalue weighted by Crippen LogP contribution is 2.36. The Morgan fingerprint density at radius 3 is 1.96 bits per heavy atom. The van der Waals surface area contributed by atoms with Crippen LogP contribution >= 0.6 is 0 Å². The van der Waals surface area contributed by atoms with E-state index >= 15 is 8.78 Å². The minimum Gasteiger partial charge on any atom is -0.461 e. The van der Waals surface area contributed by atoms with Crippen molar-refractivity contribution in [2.24, 2.45) is 11.7 Å². The van der Waals surface area contributed by atoms with Gasteiger partial charge in [0, 0.05) is 6.04 Å². The molecule has 0 saturated carbocycles. The maximum Gasteiger partial charge on any atom is 0.407 e. The zero-order valence-electron chi connectivity index (χ0n) is 26.3. The van der Waals surface area contributed by atoms with Crippen molar-refractivity contribution in [3.8, 4) is 0 Å². The molecule has 3 rings (SSSR count). The molecule has 5 atom stereocenters. The molecule has 0 spiro atoms. The summed E-state index contributed by atoms with van der Waals surface area (Å²) in [5.74, 6) is -6.20. The van der Waals surface area contributed by atoms with Gasteiger partial charge in [0.25, 0.3) is 0 Å². The lowest BCUT2D eigenvalue weighted by atomic mass is 9.90. The second-order valence-electron chi connectivity index (χ2n) is 11.6. The second kappa shape index (κ2) is 17.4. The largest absolute Gasteiger partial charge is 0.461 e. The number of halogens is 2. The van der Waals surface area contributed by atoms with Crippen LogP contribution in [0.1, 0.15) is 56.3 Å². The number of carbonyl (C=O) groups excluding carboxylic acids is 3. The molecule has 0 aliphatic rings. The quantitative estimate of drug-likeness (QED) is 0.161. The van der Waals surface area contributed by atoms with Crippen LogP contribution in [0.2, 0.25) is 0 Å². The van der Waals surface area contributed by atoms with E-state index in [9.17, 15) is 19.5 Å². The first kappa shape index (κ1) is 36.1. The maximum absolute atomic E-state index is 16.2. The number of alkyl carbamates (subject to hydrolysis) is 1. The molecule has 0 aromatic heterocycles. The minimum absolute atomic E-state index is 0.0447. The molecule has 0 bridgehead atoms. The monoisotopic (exact) mass is 639 g/mol. The van der Waals surface area contributed by atoms with Crippen molar-refractivity contribution >= 4 is 18.0 Å². The number of aliphatic hydroxyl groups excluding tert-OH is 1. The second-order valence-corrected chi connectivity index (χ2v) is 11.6. The van der Waals surface area contributed by atoms with Crippen LogP contribution in [0.5, 0.6) is 0 Å². The number of hydrogen-bond donors (Lipinski definition) is 4. The fourth-order valence-electron chi connectivity index (χ4n) is 4.77. The molecule has 0 saturated heterocycles. The zero-order chi connectivity index (χ0) is 33.7. The summed E-state index contributed by atoms with van der Waals surface area (Å²) in [6, 6.07) is 22.3. The van der Waals surface area contributed by atoms with Crippen LogP contribution in [0.25, 0.3) is 0 Å². The van der Waals surface area contributed by atoms with E-state index in [1.165, 1.54) is 12.1 Å². The van der Waals surface area contributed by atoms with Crippen molar-refractivity contribution in [1.29, 1.82) is 0 Å². The highest BCUT2D eigenvalue weighted by molar-refractivity contribution is 5.83. The van der Waals surface area contributed by atoms with Gasteiger partial charge in [-0.15, -0.1) is 0 Å². The summed E-state index contributed by atoms with van der Waals surface area (Å²) in [6.07, 6.45) is -6.14. The Balaban J connectivity index is 1.82. The van der Waals surface area contributed by atoms with Gasteiger partial charge in [-0.05, 0) is 49.3 Å². The first-order chi connectivity index (χ1) is 21.9. The molecule has 0 heterocycles. The molecule has 3 aromatic rings. The van der Waals surface area contributed by atoms with E-state index in [4.69, 9.17) is 15.2 Å². The summed E-state index contributed by atoms with van der Waals surface area (Å²) in [4.78, 5) is 38.7. The maximum atomic E-state index is 16.2. The van der Waals surface area contributed by atoms with Gasteiger partial charge in [-0.1, -0.05) is 97.9 Å². The molecular weight excluding hydrogens is 596 g/mol. The van der Waals surface area contributed by atoms with Crippen LogP contribution < -0.4 is 16.4 Å². The van der Waals surface area contributed by atoms with Gasteiger partial charge in [0.1, 0.15) is 12.7 Å². The lowest BCUT2D eigenvalue weighted by Crippen LogP contribution is -2.57. The van der Waals surface area contributed by atoms with Crippen LogP contribution in [-0.2, 0) is 32.1 Å². The number of hydrogen-bond acceptors (Lipinski definition) is 7. The number of ether oxygens (including phenoxy) is 2. The zero-order valence-corrected chi connectivity index (χ0v) is 26.3. The van der Waals surface area contributed by atoms with Gasteiger partial charge in [-0.2, -0.15) is 8.78 Å². The van der Waals surface area contributed by atoms with Crippen molar-refractivity contribution in [1.82, 2.24) is 10.6 Å². The van der Waals surface area contributed by atoms with Gasteiger partial charge in [0.05, 0.1) is 18.5 Å². The molecule has 0 fully saturated rings. The van der Waals surface area contributed by atoms with Gasteiger partial charge in [-0.3, -0.25) is 9.59 Å². The molecule has 4 unspecified atom stereocenters. The summed E-state index contributed by atoms with van der Waals surface area (Å²) in [6.45, 7) is 4.87. The summed E-state index contributed by atoms with van der Waals surface area (Å²) in [7, 11) is 0. The number of aryl methyl sites for hydroxylation is 1. The highest BCUT2D eigenvalue weighted by Gasteiger charge is 2.53. The van der Waals surface area contributed by atoms with E-state index < -0.39 is 60.1 Å². The predicted octanol–water partition coefficient (Wildman–Crippen LogP) is 5.07. The molecule has 248 valence electrons. The topological polar surface area (TPSA) is 140 Å². The van der Waals surface area contributed by atoms with Crippen LogP contribution in [0.15, 0.2) is 91.0 Å². The van der Waals surface area contributed by atoms with Gasteiger partial charge in [-0.25, -0.2) is 4.79 Å². The van der Waals surface area contributed by atoms with E-state index in [-0.39, 0.29) is 31.4 Å². The van der Waals surface area contributed by atoms with Crippen molar-refractivity contribution in [3.05, 3.63) is 108 Å². The van der Waals surface area contributed by atoms with E-state index in [2.05, 4.69) is 10.6 Å². The van der Waals surface area contributed by atoms with Crippen molar-refractivity contribution in [2.45, 2.75) is 82.9 Å². The van der Waals surface area contributed by atoms with E-state index in [1.54, 1.807) is 81.4 Å². The van der Waals surface area contributed by atoms with Gasteiger partial charge >= 0.3 is 18.0 Å². The summed E-state index contributed by atoms with van der Waals surface area (Å²) in [5.41, 5.74) is 7.93. The number of esters is 1. The Morgan fingerprint density at radius 1 is 0.848 bits per heavy atom. The first-order valence-electron chi connectivity index (χ1n) is 15.3. The average molecular weight is 640 g/mol. The van der Waals surface area contributed by atoms with Crippen LogP contribution in [0.3, 0.4) is 0 Å². The van der Waals surface area contributed by atoms with Crippen molar-refractivity contribution < 1.29 is 37.7 Å². The molecular formula is C35H43F2N3O6. The Hall–Kier alpha value is -4.35. The standard InChI is InChI=1S/C35H43F2N3O6/c1-23(2)39-34(44)46-32(35(36,37)28(41)20-19-25-13-7-4-8-14-25)31(27-17-11-6-12-18-27)40-33(43)30(38)24(3)21-29(42)45-22-26-15-9-5-10-16-26/h4-18,23-24,28,30-32,41H,19-22,38H2,1-3H3,(H,39,44)(H,40,43)/t24?,28?,30-,31?,32?/m0/s1. The number of benzene rings is 3. The normalized spacial score (nSPS) is 14.8. The fourth-order valence-corrected chi connectivity index (χ4v) is 4.77. The van der Waals surface area contributed by atoms with Crippen LogP contribution in [0.4, 0.5) is 13.6 Å². The van der Waals surface area contributed by atoms with Crippen molar-refractivity contribution in [2.75, 3.05) is 0 Å². The van der Waals surface area contributed by atoms with Gasteiger partial charge in [0.15, 0.2) is 6.10 Å². The molecule has 0 aliphatic carbocycles. The Bertz CT molecular complexity index is 1380. The third-order valence-electron chi connectivity index (χ3n) is 7.42. The summed E-state index contributed by atoms with van der Waals surface area (Å²) >= 11 is 0. The highest BCUT2D eigenvalue weighted by atomic mass is 19.3. The van der Waals surface area contributed by atoms with Crippen LogP contribution in [0, 0.1) is 5.92 Å². The third-order valence-corrected chi connectivity index (χ3v) is 7.42. The third kappa shape index (κ3) is 10.9. The SMILES string of the molecule is CC(C)NC(=O)OC(C(NC(=O)[C@@H](N)C(C)CC(=O)OCc1ccccc1)c1ccccc1)C(F)(F)C(O)CCc1ccccc1.